The first-order valence-corrected chi connectivity index (χ1v) is 8.04. The van der Waals surface area contributed by atoms with Crippen molar-refractivity contribution in [3.63, 3.8) is 0 Å². The van der Waals surface area contributed by atoms with Gasteiger partial charge in [0.25, 0.3) is 0 Å². The smallest absolute Gasteiger partial charge is 0.305 e. The van der Waals surface area contributed by atoms with E-state index >= 15 is 0 Å². The SMILES string of the molecule is CN=C(NCCCCCC(=O)OC)NCc1ccc(C)s1.I. The minimum absolute atomic E-state index is 0. The summed E-state index contributed by atoms with van der Waals surface area (Å²) in [6.45, 7) is 3.75. The van der Waals surface area contributed by atoms with E-state index in [1.54, 1.807) is 18.4 Å². The number of nitrogens with one attached hydrogen (secondary N) is 2. The quantitative estimate of drug-likeness (QED) is 0.215. The minimum Gasteiger partial charge on any atom is -0.469 e. The van der Waals surface area contributed by atoms with Crippen molar-refractivity contribution in [1.29, 1.82) is 0 Å². The molecular weight excluding hydrogens is 413 g/mol. The Morgan fingerprint density at radius 3 is 2.64 bits per heavy atom. The lowest BCUT2D eigenvalue weighted by Crippen LogP contribution is -2.37. The monoisotopic (exact) mass is 439 g/mol. The number of guanidine groups is 1. The van der Waals surface area contributed by atoms with E-state index in [-0.39, 0.29) is 29.9 Å². The summed E-state index contributed by atoms with van der Waals surface area (Å²) in [6, 6.07) is 4.26. The van der Waals surface area contributed by atoms with E-state index < -0.39 is 0 Å². The predicted octanol–water partition coefficient (Wildman–Crippen LogP) is 3.07. The van der Waals surface area contributed by atoms with Crippen molar-refractivity contribution in [2.45, 2.75) is 39.2 Å². The van der Waals surface area contributed by atoms with Gasteiger partial charge in [-0.15, -0.1) is 35.3 Å². The normalized spacial score (nSPS) is 10.8. The zero-order valence-electron chi connectivity index (χ0n) is 13.5. The molecule has 1 rings (SSSR count). The third-order valence-corrected chi connectivity index (χ3v) is 4.03. The van der Waals surface area contributed by atoms with Crippen LogP contribution in [0.25, 0.3) is 0 Å². The van der Waals surface area contributed by atoms with Gasteiger partial charge in [-0.1, -0.05) is 6.42 Å². The molecule has 0 spiro atoms. The number of carbonyl (C=O) groups is 1. The summed E-state index contributed by atoms with van der Waals surface area (Å²) in [7, 11) is 3.20. The molecule has 0 unspecified atom stereocenters. The fourth-order valence-corrected chi connectivity index (χ4v) is 2.68. The van der Waals surface area contributed by atoms with Gasteiger partial charge in [-0.25, -0.2) is 0 Å². The Balaban J connectivity index is 0.00000441. The maximum Gasteiger partial charge on any atom is 0.305 e. The van der Waals surface area contributed by atoms with Crippen LogP contribution < -0.4 is 10.6 Å². The van der Waals surface area contributed by atoms with Crippen molar-refractivity contribution in [3.8, 4) is 0 Å². The summed E-state index contributed by atoms with van der Waals surface area (Å²) in [6.07, 6.45) is 3.38. The van der Waals surface area contributed by atoms with Crippen molar-refractivity contribution in [2.24, 2.45) is 4.99 Å². The van der Waals surface area contributed by atoms with Gasteiger partial charge in [-0.05, 0) is 31.9 Å². The number of ether oxygens (including phenoxy) is 1. The van der Waals surface area contributed by atoms with Crippen molar-refractivity contribution in [2.75, 3.05) is 20.7 Å². The Hall–Kier alpha value is -0.830. The molecule has 2 N–H and O–H groups in total. The Morgan fingerprint density at radius 2 is 2.05 bits per heavy atom. The first-order valence-electron chi connectivity index (χ1n) is 7.22. The predicted molar refractivity (Wildman–Crippen MR) is 103 cm³/mol. The number of nitrogens with zero attached hydrogens (tertiary/aromatic N) is 1. The van der Waals surface area contributed by atoms with E-state index in [1.807, 2.05) is 0 Å². The highest BCUT2D eigenvalue weighted by molar-refractivity contribution is 14.0. The van der Waals surface area contributed by atoms with Crippen LogP contribution in [0.4, 0.5) is 0 Å². The van der Waals surface area contributed by atoms with Gasteiger partial charge in [0.1, 0.15) is 0 Å². The summed E-state index contributed by atoms with van der Waals surface area (Å²) in [5.74, 6) is 0.681. The summed E-state index contributed by atoms with van der Waals surface area (Å²) in [4.78, 5) is 17.8. The van der Waals surface area contributed by atoms with Crippen LogP contribution in [0.2, 0.25) is 0 Å². The first-order chi connectivity index (χ1) is 10.2. The molecule has 22 heavy (non-hydrogen) atoms. The average molecular weight is 439 g/mol. The standard InChI is InChI=1S/C15H25N3O2S.HI/c1-12-8-9-13(21-12)11-18-15(16-2)17-10-6-4-5-7-14(19)20-3;/h8-9H,4-7,10-11H2,1-3H3,(H2,16,17,18);1H. The van der Waals surface area contributed by atoms with Crippen molar-refractivity contribution >= 4 is 47.2 Å². The average Bonchev–Trinajstić information content (AvgIpc) is 2.91. The maximum atomic E-state index is 11.0. The van der Waals surface area contributed by atoms with Crippen LogP contribution in [0.5, 0.6) is 0 Å². The molecule has 0 saturated carbocycles. The van der Waals surface area contributed by atoms with Crippen LogP contribution in [0, 0.1) is 6.92 Å². The van der Waals surface area contributed by atoms with Gasteiger partial charge in [0, 0.05) is 29.8 Å². The van der Waals surface area contributed by atoms with Crippen molar-refractivity contribution in [3.05, 3.63) is 21.9 Å². The van der Waals surface area contributed by atoms with E-state index in [0.717, 1.165) is 38.3 Å². The van der Waals surface area contributed by atoms with Crippen LogP contribution in [0.3, 0.4) is 0 Å². The molecule has 0 aliphatic rings. The number of hydrogen-bond acceptors (Lipinski definition) is 4. The lowest BCUT2D eigenvalue weighted by molar-refractivity contribution is -0.140. The minimum atomic E-state index is -0.133. The van der Waals surface area contributed by atoms with Gasteiger partial charge in [0.05, 0.1) is 13.7 Å². The van der Waals surface area contributed by atoms with E-state index in [4.69, 9.17) is 0 Å². The molecule has 0 aromatic carbocycles. The second-order valence-electron chi connectivity index (χ2n) is 4.75. The zero-order chi connectivity index (χ0) is 15.5. The molecule has 1 aromatic rings. The van der Waals surface area contributed by atoms with E-state index in [0.29, 0.717) is 6.42 Å². The summed E-state index contributed by atoms with van der Waals surface area (Å²) < 4.78 is 4.61. The molecule has 0 aliphatic carbocycles. The summed E-state index contributed by atoms with van der Waals surface area (Å²) >= 11 is 1.79. The number of carbonyl (C=O) groups excluding carboxylic acids is 1. The van der Waals surface area contributed by atoms with Crippen molar-refractivity contribution in [1.82, 2.24) is 10.6 Å². The number of thiophene rings is 1. The zero-order valence-corrected chi connectivity index (χ0v) is 16.6. The van der Waals surface area contributed by atoms with Gasteiger partial charge in [-0.2, -0.15) is 0 Å². The lowest BCUT2D eigenvalue weighted by Gasteiger charge is -2.11. The van der Waals surface area contributed by atoms with Crippen LogP contribution >= 0.6 is 35.3 Å². The maximum absolute atomic E-state index is 11.0. The second-order valence-corrected chi connectivity index (χ2v) is 6.12. The van der Waals surface area contributed by atoms with Crippen LogP contribution in [0.15, 0.2) is 17.1 Å². The molecule has 0 saturated heterocycles. The third-order valence-electron chi connectivity index (χ3n) is 3.03. The summed E-state index contributed by atoms with van der Waals surface area (Å²) in [5.41, 5.74) is 0. The van der Waals surface area contributed by atoms with E-state index in [2.05, 4.69) is 39.4 Å². The number of methoxy groups -OCH3 is 1. The third kappa shape index (κ3) is 9.24. The number of esters is 1. The largest absolute Gasteiger partial charge is 0.469 e. The van der Waals surface area contributed by atoms with E-state index in [1.165, 1.54) is 16.9 Å². The molecule has 1 aromatic heterocycles. The molecule has 0 radical (unpaired) electrons. The Morgan fingerprint density at radius 1 is 1.27 bits per heavy atom. The van der Waals surface area contributed by atoms with Gasteiger partial charge < -0.3 is 15.4 Å². The van der Waals surface area contributed by atoms with Crippen molar-refractivity contribution < 1.29 is 9.53 Å². The Labute approximate surface area is 154 Å². The molecular formula is C15H26IN3O2S. The molecule has 0 fully saturated rings. The summed E-state index contributed by atoms with van der Waals surface area (Å²) in [5, 5.41) is 6.57. The lowest BCUT2D eigenvalue weighted by atomic mass is 10.2. The number of halogens is 1. The highest BCUT2D eigenvalue weighted by Gasteiger charge is 2.01. The van der Waals surface area contributed by atoms with Crippen LogP contribution in [-0.4, -0.2) is 32.6 Å². The number of aliphatic imine (C=N–C) groups is 1. The van der Waals surface area contributed by atoms with Crippen LogP contribution in [0.1, 0.15) is 35.4 Å². The fourth-order valence-electron chi connectivity index (χ4n) is 1.85. The fraction of sp³-hybridized carbons (Fsp3) is 0.600. The Bertz CT molecular complexity index is 463. The van der Waals surface area contributed by atoms with Gasteiger partial charge in [0.15, 0.2) is 5.96 Å². The molecule has 0 atom stereocenters. The van der Waals surface area contributed by atoms with Gasteiger partial charge in [-0.3, -0.25) is 9.79 Å². The molecule has 0 amide bonds. The number of unbranched alkanes of at least 4 members (excludes halogenated alkanes) is 2. The molecule has 7 heteroatoms. The highest BCUT2D eigenvalue weighted by atomic mass is 127. The number of aryl methyl sites for hydroxylation is 1. The topological polar surface area (TPSA) is 62.7 Å². The molecule has 0 aliphatic heterocycles. The molecule has 126 valence electrons. The van der Waals surface area contributed by atoms with Gasteiger partial charge in [0.2, 0.25) is 0 Å². The second kappa shape index (κ2) is 12.7. The van der Waals surface area contributed by atoms with Gasteiger partial charge >= 0.3 is 5.97 Å². The molecule has 1 heterocycles. The van der Waals surface area contributed by atoms with E-state index in [9.17, 15) is 4.79 Å². The number of rotatable bonds is 8. The number of hydrogen-bond donors (Lipinski definition) is 2. The Kier molecular flexibility index (Phi) is 12.2. The molecule has 5 nitrogen and oxygen atoms in total. The highest BCUT2D eigenvalue weighted by Crippen LogP contribution is 2.14. The van der Waals surface area contributed by atoms with Crippen LogP contribution in [-0.2, 0) is 16.1 Å². The first kappa shape index (κ1) is 21.2. The molecule has 0 bridgehead atoms.